The number of piperidine rings is 1. The number of hydrogen-bond donors (Lipinski definition) is 2. The summed E-state index contributed by atoms with van der Waals surface area (Å²) in [6.07, 6.45) is 0.177. The van der Waals surface area contributed by atoms with Crippen molar-refractivity contribution in [3.63, 3.8) is 0 Å². The molecule has 1 heterocycles. The van der Waals surface area contributed by atoms with Crippen LogP contribution in [0.3, 0.4) is 0 Å². The predicted octanol–water partition coefficient (Wildman–Crippen LogP) is 2.14. The Hall–Kier alpha value is -0.330. The molecule has 3 N–H and O–H groups in total. The molecule has 1 aliphatic heterocycles. The molecule has 0 aromatic rings. The van der Waals surface area contributed by atoms with Crippen molar-refractivity contribution < 1.29 is 18.3 Å². The molecule has 0 spiro atoms. The monoisotopic (exact) mass is 294 g/mol. The summed E-state index contributed by atoms with van der Waals surface area (Å²) in [5, 5.41) is 9.39. The van der Waals surface area contributed by atoms with Gasteiger partial charge in [0.2, 0.25) is 0 Å². The lowest BCUT2D eigenvalue weighted by Gasteiger charge is -2.35. The summed E-state index contributed by atoms with van der Waals surface area (Å²) in [6.45, 7) is 1.85. The van der Waals surface area contributed by atoms with E-state index in [-0.39, 0.29) is 19.4 Å². The number of nitrogens with zero attached hydrogens (tertiary/aromatic N) is 1. The number of halogens is 3. The molecule has 2 unspecified atom stereocenters. The van der Waals surface area contributed by atoms with Gasteiger partial charge >= 0.3 is 6.18 Å². The molecule has 0 radical (unpaired) electrons. The van der Waals surface area contributed by atoms with Crippen LogP contribution in [-0.4, -0.2) is 48.0 Å². The second kappa shape index (κ2) is 6.20. The van der Waals surface area contributed by atoms with E-state index in [4.69, 9.17) is 5.73 Å². The zero-order chi connectivity index (χ0) is 14.8. The van der Waals surface area contributed by atoms with E-state index in [0.717, 1.165) is 32.2 Å². The quantitative estimate of drug-likeness (QED) is 0.835. The first kappa shape index (κ1) is 16.0. The first-order valence-electron chi connectivity index (χ1n) is 7.54. The second-order valence-electron chi connectivity index (χ2n) is 6.43. The Morgan fingerprint density at radius 2 is 1.85 bits per heavy atom. The van der Waals surface area contributed by atoms with E-state index >= 15 is 0 Å². The van der Waals surface area contributed by atoms with Gasteiger partial charge in [-0.1, -0.05) is 6.42 Å². The number of likely N-dealkylation sites (tertiary alicyclic amines) is 1. The second-order valence-corrected chi connectivity index (χ2v) is 6.43. The Kier molecular flexibility index (Phi) is 4.97. The SMILES string of the molecule is NC1(CO)CCCC1CCN1CCC(C(F)(F)F)CC1. The highest BCUT2D eigenvalue weighted by atomic mass is 19.4. The maximum absolute atomic E-state index is 12.6. The van der Waals surface area contributed by atoms with Crippen molar-refractivity contribution >= 4 is 0 Å². The summed E-state index contributed by atoms with van der Waals surface area (Å²) in [6, 6.07) is 0. The first-order valence-corrected chi connectivity index (χ1v) is 7.54. The average Bonchev–Trinajstić information content (AvgIpc) is 2.78. The highest BCUT2D eigenvalue weighted by Gasteiger charge is 2.42. The third kappa shape index (κ3) is 3.65. The van der Waals surface area contributed by atoms with Gasteiger partial charge in [-0.05, 0) is 57.7 Å². The molecule has 0 bridgehead atoms. The molecular weight excluding hydrogens is 269 g/mol. The van der Waals surface area contributed by atoms with Crippen molar-refractivity contribution in [1.29, 1.82) is 0 Å². The van der Waals surface area contributed by atoms with Crippen LogP contribution in [0, 0.1) is 11.8 Å². The molecule has 1 saturated heterocycles. The Balaban J connectivity index is 1.74. The lowest BCUT2D eigenvalue weighted by molar-refractivity contribution is -0.185. The minimum Gasteiger partial charge on any atom is -0.394 e. The molecule has 2 atom stereocenters. The van der Waals surface area contributed by atoms with E-state index in [9.17, 15) is 18.3 Å². The third-order valence-electron chi connectivity index (χ3n) is 5.15. The van der Waals surface area contributed by atoms with Crippen molar-refractivity contribution in [3.8, 4) is 0 Å². The van der Waals surface area contributed by atoms with Crippen LogP contribution in [0.5, 0.6) is 0 Å². The van der Waals surface area contributed by atoms with Gasteiger partial charge < -0.3 is 15.7 Å². The summed E-state index contributed by atoms with van der Waals surface area (Å²) >= 11 is 0. The Morgan fingerprint density at radius 1 is 1.20 bits per heavy atom. The fourth-order valence-electron chi connectivity index (χ4n) is 3.63. The Bertz CT molecular complexity index is 316. The van der Waals surface area contributed by atoms with Crippen molar-refractivity contribution in [3.05, 3.63) is 0 Å². The van der Waals surface area contributed by atoms with E-state index in [1.165, 1.54) is 0 Å². The number of hydrogen-bond acceptors (Lipinski definition) is 3. The molecule has 0 aromatic heterocycles. The largest absolute Gasteiger partial charge is 0.394 e. The summed E-state index contributed by atoms with van der Waals surface area (Å²) in [4.78, 5) is 2.11. The van der Waals surface area contributed by atoms with E-state index in [0.29, 0.717) is 19.0 Å². The van der Waals surface area contributed by atoms with Crippen LogP contribution in [0.15, 0.2) is 0 Å². The van der Waals surface area contributed by atoms with Gasteiger partial charge in [0.1, 0.15) is 0 Å². The molecule has 20 heavy (non-hydrogen) atoms. The minimum atomic E-state index is -4.04. The van der Waals surface area contributed by atoms with Gasteiger partial charge in [-0.3, -0.25) is 0 Å². The van der Waals surface area contributed by atoms with Crippen LogP contribution >= 0.6 is 0 Å². The van der Waals surface area contributed by atoms with Gasteiger partial charge in [-0.25, -0.2) is 0 Å². The fraction of sp³-hybridized carbons (Fsp3) is 1.00. The van der Waals surface area contributed by atoms with Crippen molar-refractivity contribution in [2.45, 2.75) is 50.2 Å². The molecule has 1 aliphatic carbocycles. The summed E-state index contributed by atoms with van der Waals surface area (Å²) < 4.78 is 37.8. The minimum absolute atomic E-state index is 0.00775. The molecule has 3 nitrogen and oxygen atoms in total. The van der Waals surface area contributed by atoms with E-state index < -0.39 is 17.6 Å². The van der Waals surface area contributed by atoms with E-state index in [1.54, 1.807) is 0 Å². The number of alkyl halides is 3. The molecule has 0 aromatic carbocycles. The van der Waals surface area contributed by atoms with Crippen LogP contribution in [0.25, 0.3) is 0 Å². The van der Waals surface area contributed by atoms with Crippen molar-refractivity contribution in [2.75, 3.05) is 26.2 Å². The van der Waals surface area contributed by atoms with Gasteiger partial charge in [0.25, 0.3) is 0 Å². The van der Waals surface area contributed by atoms with E-state index in [1.807, 2.05) is 0 Å². The molecular formula is C14H25F3N2O. The van der Waals surface area contributed by atoms with Gasteiger partial charge in [0, 0.05) is 5.54 Å². The van der Waals surface area contributed by atoms with Gasteiger partial charge in [-0.15, -0.1) is 0 Å². The van der Waals surface area contributed by atoms with Crippen LogP contribution in [0.2, 0.25) is 0 Å². The molecule has 6 heteroatoms. The molecule has 118 valence electrons. The Labute approximate surface area is 118 Å². The summed E-state index contributed by atoms with van der Waals surface area (Å²) in [7, 11) is 0. The van der Waals surface area contributed by atoms with Gasteiger partial charge in [0.15, 0.2) is 0 Å². The molecule has 1 saturated carbocycles. The third-order valence-corrected chi connectivity index (χ3v) is 5.15. The first-order chi connectivity index (χ1) is 9.35. The van der Waals surface area contributed by atoms with Crippen LogP contribution in [0.1, 0.15) is 38.5 Å². The van der Waals surface area contributed by atoms with Gasteiger partial charge in [0.05, 0.1) is 12.5 Å². The van der Waals surface area contributed by atoms with Crippen LogP contribution < -0.4 is 5.73 Å². The maximum Gasteiger partial charge on any atom is 0.391 e. The highest BCUT2D eigenvalue weighted by molar-refractivity contribution is 4.96. The number of aliphatic hydroxyl groups excluding tert-OH is 1. The standard InChI is InChI=1S/C14H25F3N2O/c15-14(16,17)12-4-8-19(9-5-12)7-3-11-2-1-6-13(11,18)10-20/h11-12,20H,1-10,18H2. The van der Waals surface area contributed by atoms with Crippen molar-refractivity contribution in [2.24, 2.45) is 17.6 Å². The lowest BCUT2D eigenvalue weighted by Crippen LogP contribution is -2.48. The highest BCUT2D eigenvalue weighted by Crippen LogP contribution is 2.37. The summed E-state index contributed by atoms with van der Waals surface area (Å²) in [5.41, 5.74) is 5.71. The van der Waals surface area contributed by atoms with Crippen LogP contribution in [-0.2, 0) is 0 Å². The predicted molar refractivity (Wildman–Crippen MR) is 71.2 cm³/mol. The molecule has 2 fully saturated rings. The summed E-state index contributed by atoms with van der Waals surface area (Å²) in [5.74, 6) is -0.830. The number of rotatable bonds is 4. The van der Waals surface area contributed by atoms with Crippen molar-refractivity contribution in [1.82, 2.24) is 4.90 Å². The van der Waals surface area contributed by atoms with E-state index in [2.05, 4.69) is 4.90 Å². The smallest absolute Gasteiger partial charge is 0.391 e. The molecule has 2 aliphatic rings. The zero-order valence-corrected chi connectivity index (χ0v) is 11.8. The van der Waals surface area contributed by atoms with Crippen LogP contribution in [0.4, 0.5) is 13.2 Å². The molecule has 2 rings (SSSR count). The number of nitrogens with two attached hydrogens (primary N) is 1. The maximum atomic E-state index is 12.6. The normalized spacial score (nSPS) is 33.8. The topological polar surface area (TPSA) is 49.5 Å². The molecule has 0 amide bonds. The number of aliphatic hydroxyl groups is 1. The fourth-order valence-corrected chi connectivity index (χ4v) is 3.63. The Morgan fingerprint density at radius 3 is 2.40 bits per heavy atom. The lowest BCUT2D eigenvalue weighted by atomic mass is 9.86. The van der Waals surface area contributed by atoms with Gasteiger partial charge in [-0.2, -0.15) is 13.2 Å². The average molecular weight is 294 g/mol. The zero-order valence-electron chi connectivity index (χ0n) is 11.8.